The van der Waals surface area contributed by atoms with Crippen molar-refractivity contribution >= 4 is 15.9 Å². The molecule has 1 aromatic carbocycles. The van der Waals surface area contributed by atoms with Crippen molar-refractivity contribution in [2.45, 2.75) is 55.9 Å². The summed E-state index contributed by atoms with van der Waals surface area (Å²) in [5, 5.41) is 0. The number of hydrogen-bond donors (Lipinski definition) is 1. The van der Waals surface area contributed by atoms with E-state index in [0.717, 1.165) is 58.2 Å². The average Bonchev–Trinajstić information content (AvgIpc) is 2.69. The van der Waals surface area contributed by atoms with Crippen LogP contribution in [0.15, 0.2) is 29.2 Å². The van der Waals surface area contributed by atoms with Crippen LogP contribution < -0.4 is 4.72 Å². The topological polar surface area (TPSA) is 75.7 Å². The van der Waals surface area contributed by atoms with Gasteiger partial charge in [-0.25, -0.2) is 13.1 Å². The summed E-state index contributed by atoms with van der Waals surface area (Å²) in [7, 11) is -3.62. The summed E-state index contributed by atoms with van der Waals surface area (Å²) >= 11 is 0. The number of likely N-dealkylation sites (tertiary alicyclic amines) is 1. The van der Waals surface area contributed by atoms with Gasteiger partial charge in [0.05, 0.1) is 11.0 Å². The van der Waals surface area contributed by atoms with E-state index in [2.05, 4.69) is 4.72 Å². The van der Waals surface area contributed by atoms with Crippen LogP contribution in [0.3, 0.4) is 0 Å². The Balaban J connectivity index is 1.61. The number of sulfonamides is 1. The van der Waals surface area contributed by atoms with Crippen LogP contribution >= 0.6 is 0 Å². The van der Waals surface area contributed by atoms with Crippen molar-refractivity contribution in [2.24, 2.45) is 0 Å². The first kappa shape index (κ1) is 19.3. The molecule has 2 saturated heterocycles. The number of rotatable bonds is 6. The molecular formula is C19H28N2O4S. The van der Waals surface area contributed by atoms with E-state index in [-0.39, 0.29) is 16.9 Å². The van der Waals surface area contributed by atoms with Gasteiger partial charge in [0.1, 0.15) is 0 Å². The third kappa shape index (κ3) is 5.05. The van der Waals surface area contributed by atoms with Gasteiger partial charge in [0, 0.05) is 31.8 Å². The standard InChI is InChI=1S/C19H28N2O4S/c22-19(21-12-3-1-4-13-21)16-7-6-9-18(15-16)26(23,24)20-11-10-17-8-2-5-14-25-17/h6-7,9,15,17,20H,1-5,8,10-14H2/t17-/m0/s1. The minimum atomic E-state index is -3.62. The van der Waals surface area contributed by atoms with Crippen molar-refractivity contribution in [1.82, 2.24) is 9.62 Å². The molecule has 1 amide bonds. The Labute approximate surface area is 156 Å². The lowest BCUT2D eigenvalue weighted by Crippen LogP contribution is -2.35. The van der Waals surface area contributed by atoms with Gasteiger partial charge in [-0.1, -0.05) is 6.07 Å². The first-order chi connectivity index (χ1) is 12.6. The van der Waals surface area contributed by atoms with Gasteiger partial charge in [-0.3, -0.25) is 4.79 Å². The molecule has 0 bridgehead atoms. The van der Waals surface area contributed by atoms with Crippen molar-refractivity contribution in [2.75, 3.05) is 26.2 Å². The highest BCUT2D eigenvalue weighted by atomic mass is 32.2. The van der Waals surface area contributed by atoms with Crippen LogP contribution in [-0.2, 0) is 14.8 Å². The molecule has 6 nitrogen and oxygen atoms in total. The second-order valence-corrected chi connectivity index (χ2v) is 8.82. The van der Waals surface area contributed by atoms with Gasteiger partial charge in [-0.05, 0) is 63.1 Å². The minimum Gasteiger partial charge on any atom is -0.378 e. The monoisotopic (exact) mass is 380 g/mol. The number of nitrogens with one attached hydrogen (secondary N) is 1. The second kappa shape index (κ2) is 8.97. The number of carbonyl (C=O) groups is 1. The number of piperidine rings is 1. The van der Waals surface area contributed by atoms with E-state index in [1.165, 1.54) is 12.1 Å². The number of carbonyl (C=O) groups excluding carboxylic acids is 1. The van der Waals surface area contributed by atoms with Crippen LogP contribution in [0.4, 0.5) is 0 Å². The summed E-state index contributed by atoms with van der Waals surface area (Å²) in [4.78, 5) is 14.5. The van der Waals surface area contributed by atoms with Gasteiger partial charge in [-0.2, -0.15) is 0 Å². The molecular weight excluding hydrogens is 352 g/mol. The molecule has 0 saturated carbocycles. The van der Waals surface area contributed by atoms with E-state index in [4.69, 9.17) is 4.74 Å². The van der Waals surface area contributed by atoms with Crippen molar-refractivity contribution in [3.05, 3.63) is 29.8 Å². The summed E-state index contributed by atoms with van der Waals surface area (Å²) in [6, 6.07) is 6.34. The fourth-order valence-electron chi connectivity index (χ4n) is 3.55. The summed E-state index contributed by atoms with van der Waals surface area (Å²) in [5.41, 5.74) is 0.436. The van der Waals surface area contributed by atoms with Crippen molar-refractivity contribution in [1.29, 1.82) is 0 Å². The maximum absolute atomic E-state index is 12.6. The molecule has 0 spiro atoms. The van der Waals surface area contributed by atoms with E-state index >= 15 is 0 Å². The van der Waals surface area contributed by atoms with Gasteiger partial charge < -0.3 is 9.64 Å². The third-order valence-electron chi connectivity index (χ3n) is 5.07. The van der Waals surface area contributed by atoms with E-state index in [1.807, 2.05) is 4.90 Å². The van der Waals surface area contributed by atoms with E-state index in [0.29, 0.717) is 18.5 Å². The average molecular weight is 381 g/mol. The predicted octanol–water partition coefficient (Wildman–Crippen LogP) is 2.55. The minimum absolute atomic E-state index is 0.0858. The van der Waals surface area contributed by atoms with Crippen LogP contribution in [0, 0.1) is 0 Å². The van der Waals surface area contributed by atoms with E-state index in [9.17, 15) is 13.2 Å². The molecule has 144 valence electrons. The SMILES string of the molecule is O=C(c1cccc(S(=O)(=O)NCC[C@@H]2CCCCO2)c1)N1CCCCC1. The highest BCUT2D eigenvalue weighted by Gasteiger charge is 2.21. The fourth-order valence-corrected chi connectivity index (χ4v) is 4.64. The molecule has 0 aliphatic carbocycles. The van der Waals surface area contributed by atoms with Crippen LogP contribution in [-0.4, -0.2) is 51.6 Å². The maximum atomic E-state index is 12.6. The highest BCUT2D eigenvalue weighted by molar-refractivity contribution is 7.89. The molecule has 2 aliphatic heterocycles. The molecule has 7 heteroatoms. The number of hydrogen-bond acceptors (Lipinski definition) is 4. The largest absolute Gasteiger partial charge is 0.378 e. The zero-order valence-electron chi connectivity index (χ0n) is 15.2. The Morgan fingerprint density at radius 2 is 1.96 bits per heavy atom. The third-order valence-corrected chi connectivity index (χ3v) is 6.53. The van der Waals surface area contributed by atoms with Gasteiger partial charge in [0.2, 0.25) is 10.0 Å². The molecule has 2 fully saturated rings. The Morgan fingerprint density at radius 3 is 2.69 bits per heavy atom. The van der Waals surface area contributed by atoms with Crippen molar-refractivity contribution in [3.8, 4) is 0 Å². The van der Waals surface area contributed by atoms with Gasteiger partial charge in [0.15, 0.2) is 0 Å². The molecule has 2 heterocycles. The zero-order chi connectivity index (χ0) is 18.4. The number of ether oxygens (including phenoxy) is 1. The van der Waals surface area contributed by atoms with Crippen LogP contribution in [0.2, 0.25) is 0 Å². The fraction of sp³-hybridized carbons (Fsp3) is 0.632. The number of benzene rings is 1. The second-order valence-electron chi connectivity index (χ2n) is 7.06. The quantitative estimate of drug-likeness (QED) is 0.823. The summed E-state index contributed by atoms with van der Waals surface area (Å²) in [5.74, 6) is -0.0858. The van der Waals surface area contributed by atoms with Crippen molar-refractivity contribution < 1.29 is 17.9 Å². The van der Waals surface area contributed by atoms with Crippen LogP contribution in [0.5, 0.6) is 0 Å². The molecule has 1 N–H and O–H groups in total. The molecule has 0 unspecified atom stereocenters. The van der Waals surface area contributed by atoms with Gasteiger partial charge in [0.25, 0.3) is 5.91 Å². The molecule has 0 radical (unpaired) electrons. The molecule has 2 aliphatic rings. The highest BCUT2D eigenvalue weighted by Crippen LogP contribution is 2.18. The first-order valence-electron chi connectivity index (χ1n) is 9.57. The molecule has 26 heavy (non-hydrogen) atoms. The summed E-state index contributed by atoms with van der Waals surface area (Å²) < 4.78 is 33.4. The maximum Gasteiger partial charge on any atom is 0.253 e. The normalized spacial score (nSPS) is 21.5. The van der Waals surface area contributed by atoms with E-state index < -0.39 is 10.0 Å². The Bertz CT molecular complexity index is 708. The van der Waals surface area contributed by atoms with Gasteiger partial charge in [-0.15, -0.1) is 0 Å². The van der Waals surface area contributed by atoms with Crippen LogP contribution in [0.1, 0.15) is 55.3 Å². The molecule has 3 rings (SSSR count). The number of amides is 1. The summed E-state index contributed by atoms with van der Waals surface area (Å²) in [6.45, 7) is 2.60. The first-order valence-corrected chi connectivity index (χ1v) is 11.1. The van der Waals surface area contributed by atoms with Gasteiger partial charge >= 0.3 is 0 Å². The molecule has 0 aromatic heterocycles. The van der Waals surface area contributed by atoms with Crippen LogP contribution in [0.25, 0.3) is 0 Å². The number of nitrogens with zero attached hydrogens (tertiary/aromatic N) is 1. The Kier molecular flexibility index (Phi) is 6.67. The molecule has 1 atom stereocenters. The molecule has 1 aromatic rings. The predicted molar refractivity (Wildman–Crippen MR) is 99.6 cm³/mol. The Morgan fingerprint density at radius 1 is 1.15 bits per heavy atom. The lowest BCUT2D eigenvalue weighted by molar-refractivity contribution is 0.0123. The lowest BCUT2D eigenvalue weighted by Gasteiger charge is -2.26. The summed E-state index contributed by atoms with van der Waals surface area (Å²) in [6.07, 6.45) is 7.18. The lowest BCUT2D eigenvalue weighted by atomic mass is 10.1. The van der Waals surface area contributed by atoms with Crippen molar-refractivity contribution in [3.63, 3.8) is 0 Å². The smallest absolute Gasteiger partial charge is 0.253 e. The van der Waals surface area contributed by atoms with E-state index in [1.54, 1.807) is 12.1 Å². The Hall–Kier alpha value is -1.44. The zero-order valence-corrected chi connectivity index (χ0v) is 16.0.